The molecule has 3 nitrogen and oxygen atoms in total. The molecule has 1 aromatic rings. The SMILES string of the molecule is NCC(c1cccc(F)c1)N(CCO)CC(F)F. The summed E-state index contributed by atoms with van der Waals surface area (Å²) in [7, 11) is 0. The van der Waals surface area contributed by atoms with Crippen molar-refractivity contribution in [3.63, 3.8) is 0 Å². The average Bonchev–Trinajstić information content (AvgIpc) is 2.29. The highest BCUT2D eigenvalue weighted by molar-refractivity contribution is 5.20. The molecule has 0 saturated heterocycles. The van der Waals surface area contributed by atoms with Crippen LogP contribution in [0.3, 0.4) is 0 Å². The van der Waals surface area contributed by atoms with Gasteiger partial charge in [-0.15, -0.1) is 0 Å². The van der Waals surface area contributed by atoms with Crippen molar-refractivity contribution in [1.82, 2.24) is 4.90 Å². The van der Waals surface area contributed by atoms with E-state index < -0.39 is 24.8 Å². The van der Waals surface area contributed by atoms with Gasteiger partial charge in [-0.1, -0.05) is 12.1 Å². The van der Waals surface area contributed by atoms with E-state index in [2.05, 4.69) is 0 Å². The normalized spacial score (nSPS) is 13.3. The van der Waals surface area contributed by atoms with Gasteiger partial charge in [0.25, 0.3) is 6.43 Å². The van der Waals surface area contributed by atoms with Gasteiger partial charge in [-0.05, 0) is 17.7 Å². The molecule has 0 aromatic heterocycles. The zero-order valence-corrected chi connectivity index (χ0v) is 9.90. The van der Waals surface area contributed by atoms with Crippen LogP contribution in [0.15, 0.2) is 24.3 Å². The first-order valence-corrected chi connectivity index (χ1v) is 5.67. The molecule has 1 aromatic carbocycles. The van der Waals surface area contributed by atoms with Gasteiger partial charge in [-0.25, -0.2) is 13.2 Å². The maximum Gasteiger partial charge on any atom is 0.251 e. The molecule has 0 saturated carbocycles. The number of hydrogen-bond donors (Lipinski definition) is 2. The largest absolute Gasteiger partial charge is 0.395 e. The first-order chi connectivity index (χ1) is 8.58. The predicted molar refractivity (Wildman–Crippen MR) is 62.9 cm³/mol. The Labute approximate surface area is 104 Å². The van der Waals surface area contributed by atoms with Gasteiger partial charge < -0.3 is 10.8 Å². The molecule has 1 unspecified atom stereocenters. The van der Waals surface area contributed by atoms with Crippen LogP contribution >= 0.6 is 0 Å². The maximum atomic E-state index is 13.1. The molecule has 0 aliphatic heterocycles. The van der Waals surface area contributed by atoms with Crippen molar-refractivity contribution in [3.05, 3.63) is 35.6 Å². The van der Waals surface area contributed by atoms with Crippen LogP contribution in [0.1, 0.15) is 11.6 Å². The molecular formula is C12H17F3N2O. The van der Waals surface area contributed by atoms with Gasteiger partial charge >= 0.3 is 0 Å². The second kappa shape index (κ2) is 7.35. The summed E-state index contributed by atoms with van der Waals surface area (Å²) in [5.41, 5.74) is 6.11. The smallest absolute Gasteiger partial charge is 0.251 e. The van der Waals surface area contributed by atoms with Gasteiger partial charge in [-0.3, -0.25) is 4.90 Å². The predicted octanol–water partition coefficient (Wildman–Crippen LogP) is 1.38. The van der Waals surface area contributed by atoms with Crippen molar-refractivity contribution in [2.24, 2.45) is 5.73 Å². The van der Waals surface area contributed by atoms with E-state index in [4.69, 9.17) is 10.8 Å². The number of alkyl halides is 2. The van der Waals surface area contributed by atoms with E-state index in [9.17, 15) is 13.2 Å². The molecular weight excluding hydrogens is 245 g/mol. The summed E-state index contributed by atoms with van der Waals surface area (Å²) >= 11 is 0. The quantitative estimate of drug-likeness (QED) is 0.780. The molecule has 0 bridgehead atoms. The number of hydrogen-bond acceptors (Lipinski definition) is 3. The number of rotatable bonds is 7. The molecule has 1 rings (SSSR count). The van der Waals surface area contributed by atoms with Gasteiger partial charge in [0.1, 0.15) is 5.82 Å². The van der Waals surface area contributed by atoms with Crippen molar-refractivity contribution in [2.75, 3.05) is 26.2 Å². The van der Waals surface area contributed by atoms with Crippen LogP contribution < -0.4 is 5.73 Å². The lowest BCUT2D eigenvalue weighted by molar-refractivity contribution is 0.0561. The monoisotopic (exact) mass is 262 g/mol. The Morgan fingerprint density at radius 2 is 2.06 bits per heavy atom. The fourth-order valence-corrected chi connectivity index (χ4v) is 1.89. The van der Waals surface area contributed by atoms with Crippen molar-refractivity contribution in [1.29, 1.82) is 0 Å². The topological polar surface area (TPSA) is 49.5 Å². The fourth-order valence-electron chi connectivity index (χ4n) is 1.89. The summed E-state index contributed by atoms with van der Waals surface area (Å²) in [5.74, 6) is -0.438. The summed E-state index contributed by atoms with van der Waals surface area (Å²) in [6, 6.07) is 5.17. The van der Waals surface area contributed by atoms with Crippen LogP contribution in [-0.4, -0.2) is 42.7 Å². The lowest BCUT2D eigenvalue weighted by atomic mass is 10.1. The van der Waals surface area contributed by atoms with Crippen LogP contribution in [0.5, 0.6) is 0 Å². The Kier molecular flexibility index (Phi) is 6.11. The molecule has 0 aliphatic rings. The third-order valence-corrected chi connectivity index (χ3v) is 2.66. The van der Waals surface area contributed by atoms with E-state index in [-0.39, 0.29) is 19.7 Å². The van der Waals surface area contributed by atoms with Gasteiger partial charge in [-0.2, -0.15) is 0 Å². The Bertz CT molecular complexity index is 363. The summed E-state index contributed by atoms with van der Waals surface area (Å²) in [4.78, 5) is 1.36. The molecule has 18 heavy (non-hydrogen) atoms. The van der Waals surface area contributed by atoms with Crippen LogP contribution in [0.25, 0.3) is 0 Å². The first-order valence-electron chi connectivity index (χ1n) is 5.67. The number of nitrogens with two attached hydrogens (primary N) is 1. The van der Waals surface area contributed by atoms with Crippen molar-refractivity contribution >= 4 is 0 Å². The van der Waals surface area contributed by atoms with Gasteiger partial charge in [0.2, 0.25) is 0 Å². The van der Waals surface area contributed by atoms with Gasteiger partial charge in [0, 0.05) is 19.1 Å². The van der Waals surface area contributed by atoms with E-state index in [1.807, 2.05) is 0 Å². The van der Waals surface area contributed by atoms with Gasteiger partial charge in [0.05, 0.1) is 13.2 Å². The van der Waals surface area contributed by atoms with E-state index in [0.717, 1.165) is 0 Å². The summed E-state index contributed by atoms with van der Waals surface area (Å²) in [6.07, 6.45) is -2.53. The fraction of sp³-hybridized carbons (Fsp3) is 0.500. The van der Waals surface area contributed by atoms with E-state index >= 15 is 0 Å². The Morgan fingerprint density at radius 3 is 2.56 bits per heavy atom. The highest BCUT2D eigenvalue weighted by atomic mass is 19.3. The second-order valence-corrected chi connectivity index (χ2v) is 3.92. The van der Waals surface area contributed by atoms with E-state index in [0.29, 0.717) is 5.56 Å². The molecule has 0 radical (unpaired) electrons. The molecule has 0 fully saturated rings. The Balaban J connectivity index is 2.90. The molecule has 1 atom stereocenters. The standard InChI is InChI=1S/C12H17F3N2O/c13-10-3-1-2-9(6-10)11(7-16)17(4-5-18)8-12(14)15/h1-3,6,11-12,18H,4-5,7-8,16H2. The number of nitrogens with zero attached hydrogens (tertiary/aromatic N) is 1. The molecule has 0 spiro atoms. The summed E-state index contributed by atoms with van der Waals surface area (Å²) < 4.78 is 38.0. The van der Waals surface area contributed by atoms with Crippen molar-refractivity contribution in [2.45, 2.75) is 12.5 Å². The highest BCUT2D eigenvalue weighted by Crippen LogP contribution is 2.21. The molecule has 3 N–H and O–H groups in total. The Hall–Kier alpha value is -1.11. The van der Waals surface area contributed by atoms with Crippen LogP contribution in [0.2, 0.25) is 0 Å². The average molecular weight is 262 g/mol. The summed E-state index contributed by atoms with van der Waals surface area (Å²) in [5, 5.41) is 8.89. The maximum absolute atomic E-state index is 13.1. The number of benzene rings is 1. The lowest BCUT2D eigenvalue weighted by Crippen LogP contribution is -2.38. The number of aliphatic hydroxyl groups excluding tert-OH is 1. The third kappa shape index (κ3) is 4.29. The first kappa shape index (κ1) is 14.9. The number of aliphatic hydroxyl groups is 1. The molecule has 6 heteroatoms. The van der Waals surface area contributed by atoms with Crippen molar-refractivity contribution in [3.8, 4) is 0 Å². The minimum absolute atomic E-state index is 0.0721. The third-order valence-electron chi connectivity index (χ3n) is 2.66. The Morgan fingerprint density at radius 1 is 1.33 bits per heavy atom. The molecule has 0 heterocycles. The van der Waals surface area contributed by atoms with E-state index in [1.54, 1.807) is 6.07 Å². The minimum Gasteiger partial charge on any atom is -0.395 e. The number of halogens is 3. The molecule has 102 valence electrons. The van der Waals surface area contributed by atoms with E-state index in [1.165, 1.54) is 23.1 Å². The minimum atomic E-state index is -2.53. The highest BCUT2D eigenvalue weighted by Gasteiger charge is 2.22. The van der Waals surface area contributed by atoms with Crippen LogP contribution in [0, 0.1) is 5.82 Å². The van der Waals surface area contributed by atoms with Gasteiger partial charge in [0.15, 0.2) is 0 Å². The zero-order valence-electron chi connectivity index (χ0n) is 9.90. The lowest BCUT2D eigenvalue weighted by Gasteiger charge is -2.30. The summed E-state index contributed by atoms with van der Waals surface area (Å²) in [6.45, 7) is -0.601. The van der Waals surface area contributed by atoms with Crippen LogP contribution in [-0.2, 0) is 0 Å². The van der Waals surface area contributed by atoms with Crippen molar-refractivity contribution < 1.29 is 18.3 Å². The molecule has 0 amide bonds. The second-order valence-electron chi connectivity index (χ2n) is 3.92. The molecule has 0 aliphatic carbocycles. The zero-order chi connectivity index (χ0) is 13.5. The van der Waals surface area contributed by atoms with Crippen LogP contribution in [0.4, 0.5) is 13.2 Å².